The van der Waals surface area contributed by atoms with E-state index < -0.39 is 5.92 Å². The van der Waals surface area contributed by atoms with Gasteiger partial charge in [0.15, 0.2) is 17.3 Å². The lowest BCUT2D eigenvalue weighted by molar-refractivity contribution is -0.135. The van der Waals surface area contributed by atoms with Gasteiger partial charge < -0.3 is 28.4 Å². The third kappa shape index (κ3) is 5.64. The van der Waals surface area contributed by atoms with Gasteiger partial charge in [-0.2, -0.15) is 0 Å². The van der Waals surface area contributed by atoms with E-state index in [4.69, 9.17) is 28.4 Å². The molecule has 0 amide bonds. The van der Waals surface area contributed by atoms with Crippen molar-refractivity contribution in [3.8, 4) is 34.5 Å². The van der Waals surface area contributed by atoms with Gasteiger partial charge in [-0.3, -0.25) is 9.59 Å². The summed E-state index contributed by atoms with van der Waals surface area (Å²) in [5, 5.41) is 0. The first-order valence-corrected chi connectivity index (χ1v) is 13.9. The van der Waals surface area contributed by atoms with E-state index in [9.17, 15) is 9.59 Å². The minimum absolute atomic E-state index is 0.0795. The van der Waals surface area contributed by atoms with Gasteiger partial charge in [0, 0.05) is 17.9 Å². The van der Waals surface area contributed by atoms with Crippen molar-refractivity contribution in [3.05, 3.63) is 112 Å². The van der Waals surface area contributed by atoms with Crippen LogP contribution in [0.3, 0.4) is 0 Å². The summed E-state index contributed by atoms with van der Waals surface area (Å²) in [6.07, 6.45) is 2.46. The first kappa shape index (κ1) is 27.9. The van der Waals surface area contributed by atoms with Crippen molar-refractivity contribution in [2.45, 2.75) is 18.8 Å². The molecule has 0 aromatic heterocycles. The smallest absolute Gasteiger partial charge is 0.312 e. The molecule has 0 spiro atoms. The van der Waals surface area contributed by atoms with Crippen molar-refractivity contribution >= 4 is 17.8 Å². The van der Waals surface area contributed by atoms with Crippen molar-refractivity contribution in [1.29, 1.82) is 0 Å². The Morgan fingerprint density at radius 2 is 1.51 bits per heavy atom. The Labute approximate surface area is 249 Å². The summed E-state index contributed by atoms with van der Waals surface area (Å²) < 4.78 is 34.0. The van der Waals surface area contributed by atoms with E-state index >= 15 is 0 Å². The lowest BCUT2D eigenvalue weighted by Gasteiger charge is -2.27. The zero-order valence-corrected chi connectivity index (χ0v) is 24.0. The average molecular weight is 579 g/mol. The maximum Gasteiger partial charge on any atom is 0.312 e. The molecule has 2 aliphatic rings. The van der Waals surface area contributed by atoms with E-state index in [-0.39, 0.29) is 23.9 Å². The maximum absolute atomic E-state index is 13.4. The third-order valence-electron chi connectivity index (χ3n) is 7.59. The molecule has 2 heterocycles. The van der Waals surface area contributed by atoms with Gasteiger partial charge in [0.25, 0.3) is 0 Å². The second-order valence-corrected chi connectivity index (χ2v) is 10.2. The van der Waals surface area contributed by atoms with Gasteiger partial charge in [-0.15, -0.1) is 0 Å². The van der Waals surface area contributed by atoms with Gasteiger partial charge >= 0.3 is 5.97 Å². The van der Waals surface area contributed by atoms with Crippen LogP contribution in [-0.2, 0) is 11.2 Å². The molecular weight excluding hydrogens is 548 g/mol. The first-order valence-electron chi connectivity index (χ1n) is 13.9. The van der Waals surface area contributed by atoms with Gasteiger partial charge in [0.1, 0.15) is 23.0 Å². The average Bonchev–Trinajstić information content (AvgIpc) is 3.35. The van der Waals surface area contributed by atoms with E-state index in [0.717, 1.165) is 22.4 Å². The fourth-order valence-corrected chi connectivity index (χ4v) is 5.34. The summed E-state index contributed by atoms with van der Waals surface area (Å²) in [4.78, 5) is 26.1. The van der Waals surface area contributed by atoms with Crippen LogP contribution in [-0.4, -0.2) is 39.7 Å². The van der Waals surface area contributed by atoms with E-state index in [1.54, 1.807) is 39.5 Å². The minimum atomic E-state index is -0.422. The largest absolute Gasteiger partial charge is 0.497 e. The number of hydrogen-bond donors (Lipinski definition) is 0. The van der Waals surface area contributed by atoms with Gasteiger partial charge in [-0.1, -0.05) is 30.3 Å². The van der Waals surface area contributed by atoms with E-state index in [1.165, 1.54) is 0 Å². The lowest BCUT2D eigenvalue weighted by Crippen LogP contribution is -2.21. The molecule has 0 fully saturated rings. The highest BCUT2D eigenvalue weighted by Gasteiger charge is 2.38. The Hall–Kier alpha value is -5.24. The van der Waals surface area contributed by atoms with Crippen molar-refractivity contribution in [3.63, 3.8) is 0 Å². The van der Waals surface area contributed by atoms with E-state index in [0.29, 0.717) is 52.9 Å². The summed E-state index contributed by atoms with van der Waals surface area (Å²) in [5.41, 5.74) is 3.79. The molecule has 8 nitrogen and oxygen atoms in total. The summed E-state index contributed by atoms with van der Waals surface area (Å²) in [6, 6.07) is 24.1. The molecule has 2 aliphatic heterocycles. The fourth-order valence-electron chi connectivity index (χ4n) is 5.34. The van der Waals surface area contributed by atoms with Crippen LogP contribution in [0, 0.1) is 0 Å². The molecule has 0 saturated heterocycles. The molecule has 4 aromatic carbocycles. The molecular formula is C35H30O8. The molecule has 1 unspecified atom stereocenters. The Morgan fingerprint density at radius 1 is 0.791 bits per heavy atom. The lowest BCUT2D eigenvalue weighted by atomic mass is 9.84. The Bertz CT molecular complexity index is 1700. The predicted molar refractivity (Wildman–Crippen MR) is 160 cm³/mol. The second-order valence-electron chi connectivity index (χ2n) is 10.2. The SMILES string of the molecule is COc1ccc(/C=C2\Oc3c(ccc4c3C(c3ccc(OC)c(OCCc5ccc(OC)cc5)c3)CC(=O)O4)C2=O)cc1. The summed E-state index contributed by atoms with van der Waals surface area (Å²) in [5.74, 6) is 2.59. The van der Waals surface area contributed by atoms with E-state index in [2.05, 4.69) is 0 Å². The van der Waals surface area contributed by atoms with Crippen LogP contribution in [0.2, 0.25) is 0 Å². The van der Waals surface area contributed by atoms with Crippen LogP contribution in [0.1, 0.15) is 45.0 Å². The Balaban J connectivity index is 1.29. The molecule has 1 atom stereocenters. The molecule has 0 radical (unpaired) electrons. The summed E-state index contributed by atoms with van der Waals surface area (Å²) >= 11 is 0. The number of allylic oxidation sites excluding steroid dienone is 1. The highest BCUT2D eigenvalue weighted by atomic mass is 16.5. The molecule has 0 aliphatic carbocycles. The number of Topliss-reactive ketones (excluding diaryl/α,β-unsaturated/α-hetero) is 1. The minimum Gasteiger partial charge on any atom is -0.497 e. The van der Waals surface area contributed by atoms with Crippen LogP contribution >= 0.6 is 0 Å². The van der Waals surface area contributed by atoms with Crippen molar-refractivity contribution in [2.75, 3.05) is 27.9 Å². The first-order chi connectivity index (χ1) is 21.0. The van der Waals surface area contributed by atoms with Crippen LogP contribution in [0.4, 0.5) is 0 Å². The van der Waals surface area contributed by atoms with Gasteiger partial charge in [0.2, 0.25) is 5.78 Å². The van der Waals surface area contributed by atoms with Gasteiger partial charge in [-0.25, -0.2) is 0 Å². The number of ketones is 1. The molecule has 43 heavy (non-hydrogen) atoms. The zero-order chi connectivity index (χ0) is 29.9. The van der Waals surface area contributed by atoms with Crippen LogP contribution in [0.15, 0.2) is 84.6 Å². The summed E-state index contributed by atoms with van der Waals surface area (Å²) in [7, 11) is 4.82. The standard InChI is InChI=1S/C35H30O8/c1-38-24-9-4-21(5-10-24)16-17-41-30-19-23(8-14-28(30)40-3)27-20-32(36)42-29-15-13-26-34(37)31(43-35(26)33(27)29)18-22-6-11-25(39-2)12-7-22/h4-15,18-19,27H,16-17,20H2,1-3H3/b31-18-. The monoisotopic (exact) mass is 578 g/mol. The van der Waals surface area contributed by atoms with Crippen molar-refractivity contribution < 1.29 is 38.0 Å². The number of carbonyl (C=O) groups excluding carboxylic acids is 2. The molecule has 0 N–H and O–H groups in total. The number of hydrogen-bond acceptors (Lipinski definition) is 8. The predicted octanol–water partition coefficient (Wildman–Crippen LogP) is 6.39. The number of rotatable bonds is 9. The number of methoxy groups -OCH3 is 3. The number of ether oxygens (including phenoxy) is 6. The van der Waals surface area contributed by atoms with Gasteiger partial charge in [-0.05, 0) is 71.3 Å². The van der Waals surface area contributed by atoms with Crippen molar-refractivity contribution in [1.82, 2.24) is 0 Å². The zero-order valence-electron chi connectivity index (χ0n) is 24.0. The topological polar surface area (TPSA) is 89.5 Å². The van der Waals surface area contributed by atoms with Crippen molar-refractivity contribution in [2.24, 2.45) is 0 Å². The normalized spacial score (nSPS) is 16.2. The maximum atomic E-state index is 13.4. The second kappa shape index (κ2) is 11.9. The molecule has 6 rings (SSSR count). The molecule has 8 heteroatoms. The molecule has 0 saturated carbocycles. The van der Waals surface area contributed by atoms with Crippen LogP contribution in [0.5, 0.6) is 34.5 Å². The van der Waals surface area contributed by atoms with Gasteiger partial charge in [0.05, 0.1) is 39.9 Å². The number of esters is 1. The van der Waals surface area contributed by atoms with E-state index in [1.807, 2.05) is 66.7 Å². The number of carbonyl (C=O) groups is 2. The number of fused-ring (bicyclic) bond motifs is 3. The number of benzene rings is 4. The highest BCUT2D eigenvalue weighted by molar-refractivity contribution is 6.15. The fraction of sp³-hybridized carbons (Fsp3) is 0.200. The third-order valence-corrected chi connectivity index (χ3v) is 7.59. The highest BCUT2D eigenvalue weighted by Crippen LogP contribution is 2.49. The van der Waals surface area contributed by atoms with Crippen LogP contribution < -0.4 is 28.4 Å². The Morgan fingerprint density at radius 3 is 2.21 bits per heavy atom. The molecule has 218 valence electrons. The molecule has 0 bridgehead atoms. The Kier molecular flexibility index (Phi) is 7.75. The summed E-state index contributed by atoms with van der Waals surface area (Å²) in [6.45, 7) is 0.419. The quantitative estimate of drug-likeness (QED) is 0.128. The molecule has 4 aromatic rings. The van der Waals surface area contributed by atoms with Crippen LogP contribution in [0.25, 0.3) is 6.08 Å².